The normalized spacial score (nSPS) is 20.0. The molecule has 3 rings (SSSR count). The number of nitrogens with one attached hydrogen (secondary N) is 2. The molecule has 1 fully saturated rings. The van der Waals surface area contributed by atoms with E-state index in [1.54, 1.807) is 7.11 Å². The van der Waals surface area contributed by atoms with Crippen molar-refractivity contribution >= 4 is 17.9 Å². The number of ether oxygens (including phenoxy) is 1. The maximum absolute atomic E-state index is 12.5. The van der Waals surface area contributed by atoms with Gasteiger partial charge < -0.3 is 15.4 Å². The van der Waals surface area contributed by atoms with Crippen molar-refractivity contribution in [1.29, 1.82) is 0 Å². The van der Waals surface area contributed by atoms with Gasteiger partial charge in [0.05, 0.1) is 19.6 Å². The fourth-order valence-electron chi connectivity index (χ4n) is 4.06. The zero-order valence-corrected chi connectivity index (χ0v) is 17.9. The van der Waals surface area contributed by atoms with Crippen LogP contribution in [0.15, 0.2) is 42.0 Å². The largest absolute Gasteiger partial charge is 0.496 e. The molecule has 1 aliphatic heterocycles. The smallest absolute Gasteiger partial charge is 0.237 e. The lowest BCUT2D eigenvalue weighted by Gasteiger charge is -2.33. The lowest BCUT2D eigenvalue weighted by atomic mass is 9.97. The highest BCUT2D eigenvalue weighted by Crippen LogP contribution is 2.20. The van der Waals surface area contributed by atoms with Gasteiger partial charge in [-0.3, -0.25) is 14.5 Å². The van der Waals surface area contributed by atoms with E-state index in [0.29, 0.717) is 19.6 Å². The van der Waals surface area contributed by atoms with Crippen molar-refractivity contribution in [3.05, 3.63) is 47.6 Å². The first-order valence-electron chi connectivity index (χ1n) is 10.9. The van der Waals surface area contributed by atoms with E-state index >= 15 is 0 Å². The number of benzene rings is 1. The van der Waals surface area contributed by atoms with Gasteiger partial charge in [-0.15, -0.1) is 0 Å². The van der Waals surface area contributed by atoms with Crippen LogP contribution in [0.25, 0.3) is 6.08 Å². The summed E-state index contributed by atoms with van der Waals surface area (Å²) in [5, 5.41) is 5.88. The molecule has 1 atom stereocenters. The summed E-state index contributed by atoms with van der Waals surface area (Å²) in [6.45, 7) is 2.59. The fourth-order valence-corrected chi connectivity index (χ4v) is 4.06. The summed E-state index contributed by atoms with van der Waals surface area (Å²) >= 11 is 0. The number of methoxy groups -OCH3 is 1. The number of piperazine rings is 1. The van der Waals surface area contributed by atoms with Crippen LogP contribution in [0.2, 0.25) is 0 Å². The molecule has 1 unspecified atom stereocenters. The third-order valence-corrected chi connectivity index (χ3v) is 5.75. The molecule has 2 amide bonds. The average Bonchev–Trinajstić information content (AvgIpc) is 2.77. The van der Waals surface area contributed by atoms with Crippen LogP contribution in [0.5, 0.6) is 5.75 Å². The summed E-state index contributed by atoms with van der Waals surface area (Å²) in [5.41, 5.74) is 2.44. The Morgan fingerprint density at radius 3 is 3.00 bits per heavy atom. The lowest BCUT2D eigenvalue weighted by molar-refractivity contribution is -0.133. The SMILES string of the molecule is COc1ccccc1/C=C/CN1CCNC(=O)C1CC(=O)NCCC1=CCCCC1. The number of amides is 2. The maximum atomic E-state index is 12.5. The summed E-state index contributed by atoms with van der Waals surface area (Å²) in [5.74, 6) is 0.679. The summed E-state index contributed by atoms with van der Waals surface area (Å²) in [7, 11) is 1.65. The number of allylic oxidation sites excluding steroid dienone is 1. The van der Waals surface area contributed by atoms with Crippen LogP contribution in [0.4, 0.5) is 0 Å². The second kappa shape index (κ2) is 11.6. The van der Waals surface area contributed by atoms with Gasteiger partial charge >= 0.3 is 0 Å². The molecule has 0 bridgehead atoms. The first-order chi connectivity index (χ1) is 14.7. The Balaban J connectivity index is 1.51. The van der Waals surface area contributed by atoms with Crippen molar-refractivity contribution in [2.45, 2.75) is 44.6 Å². The third-order valence-electron chi connectivity index (χ3n) is 5.75. The molecule has 1 heterocycles. The van der Waals surface area contributed by atoms with Gasteiger partial charge in [-0.2, -0.15) is 0 Å². The lowest BCUT2D eigenvalue weighted by Crippen LogP contribution is -2.56. The zero-order valence-electron chi connectivity index (χ0n) is 17.9. The number of hydrogen-bond acceptors (Lipinski definition) is 4. The molecule has 6 heteroatoms. The number of para-hydroxylation sites is 1. The van der Waals surface area contributed by atoms with Crippen molar-refractivity contribution < 1.29 is 14.3 Å². The van der Waals surface area contributed by atoms with E-state index in [-0.39, 0.29) is 18.2 Å². The first-order valence-corrected chi connectivity index (χ1v) is 10.9. The molecule has 0 saturated carbocycles. The highest BCUT2D eigenvalue weighted by atomic mass is 16.5. The zero-order chi connectivity index (χ0) is 21.2. The van der Waals surface area contributed by atoms with Crippen molar-refractivity contribution in [3.8, 4) is 5.75 Å². The van der Waals surface area contributed by atoms with Gasteiger partial charge in [0.2, 0.25) is 11.8 Å². The Hall–Kier alpha value is -2.60. The Morgan fingerprint density at radius 2 is 2.20 bits per heavy atom. The number of hydrogen-bond donors (Lipinski definition) is 2. The second-order valence-electron chi connectivity index (χ2n) is 7.86. The molecule has 2 aliphatic rings. The number of rotatable bonds is 9. The van der Waals surface area contributed by atoms with Gasteiger partial charge in [-0.25, -0.2) is 0 Å². The quantitative estimate of drug-likeness (QED) is 0.613. The molecule has 0 radical (unpaired) electrons. The predicted molar refractivity (Wildman–Crippen MR) is 119 cm³/mol. The molecule has 162 valence electrons. The molecule has 0 aromatic heterocycles. The minimum absolute atomic E-state index is 0.0628. The van der Waals surface area contributed by atoms with Crippen molar-refractivity contribution in [2.24, 2.45) is 0 Å². The molecule has 1 saturated heterocycles. The van der Waals surface area contributed by atoms with E-state index in [4.69, 9.17) is 4.74 Å². The highest BCUT2D eigenvalue weighted by Gasteiger charge is 2.30. The second-order valence-corrected chi connectivity index (χ2v) is 7.86. The average molecular weight is 412 g/mol. The van der Waals surface area contributed by atoms with Gasteiger partial charge in [0.1, 0.15) is 5.75 Å². The van der Waals surface area contributed by atoms with Crippen LogP contribution in [0.1, 0.15) is 44.1 Å². The minimum Gasteiger partial charge on any atom is -0.496 e. The number of nitrogens with zero attached hydrogens (tertiary/aromatic N) is 1. The Kier molecular flexibility index (Phi) is 8.51. The molecule has 2 N–H and O–H groups in total. The third kappa shape index (κ3) is 6.46. The molecule has 6 nitrogen and oxygen atoms in total. The monoisotopic (exact) mass is 411 g/mol. The Morgan fingerprint density at radius 1 is 1.33 bits per heavy atom. The molecule has 1 aromatic rings. The van der Waals surface area contributed by atoms with Gasteiger partial charge in [0.25, 0.3) is 0 Å². The van der Waals surface area contributed by atoms with Crippen LogP contribution >= 0.6 is 0 Å². The van der Waals surface area contributed by atoms with Gasteiger partial charge in [-0.1, -0.05) is 42.0 Å². The van der Waals surface area contributed by atoms with Crippen LogP contribution in [-0.4, -0.2) is 56.0 Å². The molecule has 1 aliphatic carbocycles. The summed E-state index contributed by atoms with van der Waals surface area (Å²) in [4.78, 5) is 26.9. The molecular weight excluding hydrogens is 378 g/mol. The van der Waals surface area contributed by atoms with E-state index in [1.807, 2.05) is 36.4 Å². The van der Waals surface area contributed by atoms with E-state index in [2.05, 4.69) is 21.6 Å². The maximum Gasteiger partial charge on any atom is 0.237 e. The minimum atomic E-state index is -0.435. The van der Waals surface area contributed by atoms with Crippen LogP contribution in [-0.2, 0) is 9.59 Å². The van der Waals surface area contributed by atoms with Crippen molar-refractivity contribution in [1.82, 2.24) is 15.5 Å². The van der Waals surface area contributed by atoms with Gasteiger partial charge in [-0.05, 0) is 38.2 Å². The molecule has 0 spiro atoms. The standard InChI is InChI=1S/C24H33N3O3/c1-30-22-12-6-5-10-20(22)11-7-16-27-17-15-26-24(29)21(27)18-23(28)25-14-13-19-8-3-2-4-9-19/h5-8,10-12,21H,2-4,9,13-18H2,1H3,(H,25,28)(H,26,29)/b11-7+. The van der Waals surface area contributed by atoms with Crippen LogP contribution in [0.3, 0.4) is 0 Å². The van der Waals surface area contributed by atoms with E-state index in [1.165, 1.54) is 18.4 Å². The number of carbonyl (C=O) groups is 2. The Bertz CT molecular complexity index is 788. The fraction of sp³-hybridized carbons (Fsp3) is 0.500. The van der Waals surface area contributed by atoms with Gasteiger partial charge in [0, 0.05) is 31.7 Å². The Labute approximate surface area is 179 Å². The van der Waals surface area contributed by atoms with E-state index in [9.17, 15) is 9.59 Å². The van der Waals surface area contributed by atoms with E-state index in [0.717, 1.165) is 37.1 Å². The molecule has 30 heavy (non-hydrogen) atoms. The van der Waals surface area contributed by atoms with E-state index < -0.39 is 6.04 Å². The van der Waals surface area contributed by atoms with Crippen LogP contribution < -0.4 is 15.4 Å². The van der Waals surface area contributed by atoms with Crippen LogP contribution in [0, 0.1) is 0 Å². The van der Waals surface area contributed by atoms with Crippen molar-refractivity contribution in [3.63, 3.8) is 0 Å². The number of carbonyl (C=O) groups excluding carboxylic acids is 2. The predicted octanol–water partition coefficient (Wildman–Crippen LogP) is 2.91. The summed E-state index contributed by atoms with van der Waals surface area (Å²) in [6.07, 6.45) is 12.3. The summed E-state index contributed by atoms with van der Waals surface area (Å²) < 4.78 is 5.37. The molecular formula is C24H33N3O3. The van der Waals surface area contributed by atoms with Gasteiger partial charge in [0.15, 0.2) is 0 Å². The highest BCUT2D eigenvalue weighted by molar-refractivity contribution is 5.88. The van der Waals surface area contributed by atoms with Crippen molar-refractivity contribution in [2.75, 3.05) is 33.3 Å². The first kappa shape index (κ1) is 22.1. The summed E-state index contributed by atoms with van der Waals surface area (Å²) in [6, 6.07) is 7.38. The topological polar surface area (TPSA) is 70.7 Å². The molecule has 1 aromatic carbocycles.